The zero-order chi connectivity index (χ0) is 10.1. The highest BCUT2D eigenvalue weighted by Gasteiger charge is 2.43. The summed E-state index contributed by atoms with van der Waals surface area (Å²) in [5, 5.41) is 2.73. The standard InChI is InChI=1S/C11H18O2S2/c1-2-10-11(15-10)5-8(1)13-4-3-12-6-9-7-14-9/h8-11H,1-7H2. The van der Waals surface area contributed by atoms with E-state index in [2.05, 4.69) is 11.8 Å². The van der Waals surface area contributed by atoms with Crippen molar-refractivity contribution < 1.29 is 9.47 Å². The van der Waals surface area contributed by atoms with Gasteiger partial charge in [0.1, 0.15) is 0 Å². The van der Waals surface area contributed by atoms with Gasteiger partial charge in [0.25, 0.3) is 0 Å². The average molecular weight is 246 g/mol. The van der Waals surface area contributed by atoms with Crippen LogP contribution in [-0.4, -0.2) is 47.4 Å². The Kier molecular flexibility index (Phi) is 3.49. The van der Waals surface area contributed by atoms with Crippen molar-refractivity contribution in [2.45, 2.75) is 41.1 Å². The first-order valence-electron chi connectivity index (χ1n) is 5.88. The smallest absolute Gasteiger partial charge is 0.0704 e. The molecule has 2 heterocycles. The van der Waals surface area contributed by atoms with Gasteiger partial charge in [-0.1, -0.05) is 0 Å². The van der Waals surface area contributed by atoms with Crippen molar-refractivity contribution in [3.63, 3.8) is 0 Å². The number of ether oxygens (including phenoxy) is 2. The summed E-state index contributed by atoms with van der Waals surface area (Å²) in [6.45, 7) is 2.51. The van der Waals surface area contributed by atoms with Gasteiger partial charge in [-0.2, -0.15) is 23.5 Å². The van der Waals surface area contributed by atoms with Crippen molar-refractivity contribution >= 4 is 23.5 Å². The van der Waals surface area contributed by atoms with Crippen molar-refractivity contribution in [2.75, 3.05) is 25.6 Å². The maximum absolute atomic E-state index is 5.84. The molecule has 4 heteroatoms. The maximum atomic E-state index is 5.84. The zero-order valence-corrected chi connectivity index (χ0v) is 10.5. The molecule has 3 rings (SSSR count). The minimum absolute atomic E-state index is 0.528. The van der Waals surface area contributed by atoms with Crippen LogP contribution in [0.5, 0.6) is 0 Å². The molecule has 86 valence electrons. The van der Waals surface area contributed by atoms with Crippen molar-refractivity contribution in [1.29, 1.82) is 0 Å². The van der Waals surface area contributed by atoms with Crippen molar-refractivity contribution in [3.8, 4) is 0 Å². The molecule has 1 saturated carbocycles. The molecule has 2 nitrogen and oxygen atoms in total. The molecular formula is C11H18O2S2. The van der Waals surface area contributed by atoms with E-state index in [1.165, 1.54) is 25.0 Å². The molecule has 0 aromatic carbocycles. The van der Waals surface area contributed by atoms with Crippen LogP contribution in [0.1, 0.15) is 19.3 Å². The van der Waals surface area contributed by atoms with Crippen LogP contribution in [0.3, 0.4) is 0 Å². The van der Waals surface area contributed by atoms with Crippen LogP contribution in [-0.2, 0) is 9.47 Å². The Bertz CT molecular complexity index is 221. The lowest BCUT2D eigenvalue weighted by Crippen LogP contribution is -2.23. The van der Waals surface area contributed by atoms with Gasteiger partial charge in [0, 0.05) is 21.5 Å². The molecule has 3 fully saturated rings. The molecule has 2 aliphatic heterocycles. The van der Waals surface area contributed by atoms with Crippen LogP contribution in [0.4, 0.5) is 0 Å². The predicted molar refractivity (Wildman–Crippen MR) is 65.8 cm³/mol. The third-order valence-electron chi connectivity index (χ3n) is 3.24. The van der Waals surface area contributed by atoms with E-state index in [4.69, 9.17) is 9.47 Å². The number of thioether (sulfide) groups is 2. The van der Waals surface area contributed by atoms with E-state index in [-0.39, 0.29) is 0 Å². The summed E-state index contributed by atoms with van der Waals surface area (Å²) in [4.78, 5) is 0. The molecule has 0 spiro atoms. The second kappa shape index (κ2) is 4.86. The number of hydrogen-bond acceptors (Lipinski definition) is 4. The van der Waals surface area contributed by atoms with E-state index >= 15 is 0 Å². The quantitative estimate of drug-likeness (QED) is 0.528. The molecule has 3 aliphatic rings. The van der Waals surface area contributed by atoms with E-state index in [0.29, 0.717) is 6.10 Å². The number of hydrogen-bond donors (Lipinski definition) is 0. The van der Waals surface area contributed by atoms with E-state index in [0.717, 1.165) is 35.6 Å². The third-order valence-corrected chi connectivity index (χ3v) is 5.65. The highest BCUT2D eigenvalue weighted by molar-refractivity contribution is 8.07. The fourth-order valence-corrected chi connectivity index (χ4v) is 3.80. The largest absolute Gasteiger partial charge is 0.378 e. The van der Waals surface area contributed by atoms with Gasteiger partial charge in [-0.15, -0.1) is 0 Å². The van der Waals surface area contributed by atoms with Gasteiger partial charge in [-0.25, -0.2) is 0 Å². The highest BCUT2D eigenvalue weighted by Crippen LogP contribution is 2.51. The Labute approximate surface area is 99.8 Å². The lowest BCUT2D eigenvalue weighted by Gasteiger charge is -2.20. The van der Waals surface area contributed by atoms with Gasteiger partial charge in [0.15, 0.2) is 0 Å². The van der Waals surface area contributed by atoms with Crippen LogP contribution in [0.15, 0.2) is 0 Å². The van der Waals surface area contributed by atoms with Crippen molar-refractivity contribution in [2.24, 2.45) is 0 Å². The third kappa shape index (κ3) is 3.29. The maximum Gasteiger partial charge on any atom is 0.0704 e. The monoisotopic (exact) mass is 246 g/mol. The highest BCUT2D eigenvalue weighted by atomic mass is 32.2. The van der Waals surface area contributed by atoms with E-state index in [9.17, 15) is 0 Å². The predicted octanol–water partition coefficient (Wildman–Crippen LogP) is 2.17. The Morgan fingerprint density at radius 1 is 1.13 bits per heavy atom. The normalized spacial score (nSPS) is 42.4. The molecule has 2 saturated heterocycles. The second-order valence-corrected chi connectivity index (χ2v) is 7.37. The van der Waals surface area contributed by atoms with Gasteiger partial charge < -0.3 is 9.47 Å². The van der Waals surface area contributed by atoms with Crippen molar-refractivity contribution in [1.82, 2.24) is 0 Å². The summed E-state index contributed by atoms with van der Waals surface area (Å²) < 4.78 is 11.4. The molecular weight excluding hydrogens is 228 g/mol. The first-order chi connectivity index (χ1) is 7.42. The molecule has 15 heavy (non-hydrogen) atoms. The molecule has 4 atom stereocenters. The van der Waals surface area contributed by atoms with E-state index < -0.39 is 0 Å². The minimum atomic E-state index is 0.528. The lowest BCUT2D eigenvalue weighted by molar-refractivity contribution is -0.00492. The summed E-state index contributed by atoms with van der Waals surface area (Å²) in [5.74, 6) is 1.30. The zero-order valence-electron chi connectivity index (χ0n) is 8.89. The minimum Gasteiger partial charge on any atom is -0.378 e. The van der Waals surface area contributed by atoms with Crippen LogP contribution in [0.2, 0.25) is 0 Å². The molecule has 0 bridgehead atoms. The first kappa shape index (κ1) is 10.8. The topological polar surface area (TPSA) is 18.5 Å². The molecule has 0 amide bonds. The molecule has 0 N–H and O–H groups in total. The molecule has 0 radical (unpaired) electrons. The summed E-state index contributed by atoms with van der Waals surface area (Å²) >= 11 is 4.14. The first-order valence-corrected chi connectivity index (χ1v) is 7.87. The van der Waals surface area contributed by atoms with Crippen LogP contribution < -0.4 is 0 Å². The Morgan fingerprint density at radius 2 is 2.07 bits per heavy atom. The van der Waals surface area contributed by atoms with Gasteiger partial charge in [0.2, 0.25) is 0 Å². The number of fused-ring (bicyclic) bond motifs is 1. The second-order valence-electron chi connectivity index (χ2n) is 4.55. The summed E-state index contributed by atoms with van der Waals surface area (Å²) in [5.41, 5.74) is 0. The molecule has 1 aliphatic carbocycles. The van der Waals surface area contributed by atoms with Gasteiger partial charge in [-0.3, -0.25) is 0 Å². The summed E-state index contributed by atoms with van der Waals surface area (Å²) in [7, 11) is 0. The number of rotatable bonds is 6. The SMILES string of the molecule is C(COC1CCC2SC2C1)OCC1CS1. The van der Waals surface area contributed by atoms with Crippen LogP contribution >= 0.6 is 23.5 Å². The van der Waals surface area contributed by atoms with Gasteiger partial charge >= 0.3 is 0 Å². The Balaban J connectivity index is 1.22. The summed E-state index contributed by atoms with van der Waals surface area (Å²) in [6, 6.07) is 0. The van der Waals surface area contributed by atoms with E-state index in [1.807, 2.05) is 11.8 Å². The molecule has 4 unspecified atom stereocenters. The van der Waals surface area contributed by atoms with Crippen LogP contribution in [0, 0.1) is 0 Å². The summed E-state index contributed by atoms with van der Waals surface area (Å²) in [6.07, 6.45) is 4.46. The lowest BCUT2D eigenvalue weighted by atomic mass is 9.98. The van der Waals surface area contributed by atoms with Crippen molar-refractivity contribution in [3.05, 3.63) is 0 Å². The van der Waals surface area contributed by atoms with Crippen LogP contribution in [0.25, 0.3) is 0 Å². The Hall–Kier alpha value is 0.620. The Morgan fingerprint density at radius 3 is 2.87 bits per heavy atom. The molecule has 0 aromatic rings. The fraction of sp³-hybridized carbons (Fsp3) is 1.00. The fourth-order valence-electron chi connectivity index (χ4n) is 2.17. The average Bonchev–Trinajstić information content (AvgIpc) is 3.12. The molecule has 0 aromatic heterocycles. The van der Waals surface area contributed by atoms with Gasteiger partial charge in [-0.05, 0) is 19.3 Å². The van der Waals surface area contributed by atoms with Gasteiger partial charge in [0.05, 0.1) is 25.9 Å². The van der Waals surface area contributed by atoms with E-state index in [1.54, 1.807) is 0 Å².